The summed E-state index contributed by atoms with van der Waals surface area (Å²) in [5, 5.41) is 3.66. The van der Waals surface area contributed by atoms with Crippen molar-refractivity contribution in [3.8, 4) is 0 Å². The van der Waals surface area contributed by atoms with Gasteiger partial charge in [-0.15, -0.1) is 11.8 Å². The van der Waals surface area contributed by atoms with Gasteiger partial charge >= 0.3 is 0 Å². The second kappa shape index (κ2) is 10.3. The Morgan fingerprint density at radius 1 is 1.17 bits per heavy atom. The van der Waals surface area contributed by atoms with Gasteiger partial charge in [0.2, 0.25) is 15.9 Å². The van der Waals surface area contributed by atoms with E-state index in [-0.39, 0.29) is 43.7 Å². The van der Waals surface area contributed by atoms with Crippen LogP contribution >= 0.6 is 35.0 Å². The van der Waals surface area contributed by atoms with E-state index in [1.54, 1.807) is 18.2 Å². The molecule has 0 spiro atoms. The zero-order valence-electron chi connectivity index (χ0n) is 15.7. The molecule has 1 fully saturated rings. The second-order valence-corrected chi connectivity index (χ2v) is 10.2. The monoisotopic (exact) mass is 492 g/mol. The number of sulfonamides is 1. The van der Waals surface area contributed by atoms with Gasteiger partial charge in [-0.1, -0.05) is 29.3 Å². The Bertz CT molecular complexity index is 1030. The quantitative estimate of drug-likeness (QED) is 0.631. The molecule has 162 valence electrons. The van der Waals surface area contributed by atoms with Gasteiger partial charge in [-0.25, -0.2) is 12.8 Å². The average molecular weight is 493 g/mol. The van der Waals surface area contributed by atoms with E-state index >= 15 is 0 Å². The zero-order valence-corrected chi connectivity index (χ0v) is 18.9. The number of hydrogen-bond donors (Lipinski definition) is 1. The maximum atomic E-state index is 14.2. The van der Waals surface area contributed by atoms with Crippen LogP contribution in [0.25, 0.3) is 0 Å². The van der Waals surface area contributed by atoms with Crippen molar-refractivity contribution in [1.29, 1.82) is 0 Å². The lowest BCUT2D eigenvalue weighted by Gasteiger charge is -2.26. The van der Waals surface area contributed by atoms with Gasteiger partial charge in [0.25, 0.3) is 0 Å². The first-order valence-corrected chi connectivity index (χ1v) is 12.3. The van der Waals surface area contributed by atoms with Crippen LogP contribution in [0.3, 0.4) is 0 Å². The van der Waals surface area contributed by atoms with Crippen molar-refractivity contribution in [2.24, 2.45) is 0 Å². The summed E-state index contributed by atoms with van der Waals surface area (Å²) < 4.78 is 46.0. The van der Waals surface area contributed by atoms with E-state index < -0.39 is 20.7 Å². The topological polar surface area (TPSA) is 75.7 Å². The molecule has 1 heterocycles. The third-order valence-corrected chi connectivity index (χ3v) is 7.79. The Morgan fingerprint density at radius 2 is 1.90 bits per heavy atom. The molecule has 0 radical (unpaired) electrons. The van der Waals surface area contributed by atoms with Crippen LogP contribution in [0.1, 0.15) is 5.56 Å². The molecular weight excluding hydrogens is 474 g/mol. The lowest BCUT2D eigenvalue weighted by Crippen LogP contribution is -2.40. The van der Waals surface area contributed by atoms with Crippen molar-refractivity contribution in [2.45, 2.75) is 10.6 Å². The number of benzene rings is 2. The Morgan fingerprint density at radius 3 is 2.60 bits per heavy atom. The van der Waals surface area contributed by atoms with Crippen LogP contribution in [0.5, 0.6) is 0 Å². The van der Waals surface area contributed by atoms with Gasteiger partial charge in [0.15, 0.2) is 0 Å². The minimum Gasteiger partial charge on any atom is -0.379 e. The van der Waals surface area contributed by atoms with Crippen molar-refractivity contribution in [2.75, 3.05) is 37.4 Å². The largest absolute Gasteiger partial charge is 0.379 e. The van der Waals surface area contributed by atoms with Crippen LogP contribution in [-0.4, -0.2) is 50.7 Å². The molecule has 3 rings (SSSR count). The van der Waals surface area contributed by atoms with Gasteiger partial charge in [-0.3, -0.25) is 4.79 Å². The highest BCUT2D eigenvalue weighted by Gasteiger charge is 2.29. The Labute approximate surface area is 188 Å². The lowest BCUT2D eigenvalue weighted by molar-refractivity contribution is -0.113. The smallest absolute Gasteiger partial charge is 0.246 e. The number of carbonyl (C=O) groups excluding carboxylic acids is 1. The number of carbonyl (C=O) groups is 1. The Kier molecular flexibility index (Phi) is 8.00. The molecule has 0 atom stereocenters. The number of anilines is 1. The summed E-state index contributed by atoms with van der Waals surface area (Å²) in [6.07, 6.45) is 0. The molecule has 1 saturated heterocycles. The molecule has 0 saturated carbocycles. The van der Waals surface area contributed by atoms with Gasteiger partial charge in [-0.05, 0) is 35.9 Å². The number of ether oxygens (including phenoxy) is 1. The summed E-state index contributed by atoms with van der Waals surface area (Å²) in [7, 11) is -4.02. The maximum absolute atomic E-state index is 14.2. The summed E-state index contributed by atoms with van der Waals surface area (Å²) in [5.41, 5.74) is 1.05. The standard InChI is InChI=1S/C19H19Cl2FN2O4S2/c20-14-2-1-13(16(21)9-14)11-29-12-19(25)23-15-3-4-17(22)18(10-15)30(26,27)24-5-7-28-8-6-24/h1-4,9-10H,5-8,11-12H2,(H,23,25). The van der Waals surface area contributed by atoms with E-state index in [1.807, 2.05) is 0 Å². The predicted molar refractivity (Wildman–Crippen MR) is 117 cm³/mol. The first-order chi connectivity index (χ1) is 14.3. The number of nitrogens with zero attached hydrogens (tertiary/aromatic N) is 1. The fourth-order valence-electron chi connectivity index (χ4n) is 2.79. The summed E-state index contributed by atoms with van der Waals surface area (Å²) in [6, 6.07) is 8.64. The van der Waals surface area contributed by atoms with Crippen LogP contribution < -0.4 is 5.32 Å². The molecule has 2 aromatic rings. The Balaban J connectivity index is 1.62. The fourth-order valence-corrected chi connectivity index (χ4v) is 5.68. The average Bonchev–Trinajstić information content (AvgIpc) is 2.71. The third-order valence-electron chi connectivity index (χ3n) is 4.31. The highest BCUT2D eigenvalue weighted by atomic mass is 35.5. The third kappa shape index (κ3) is 5.87. The van der Waals surface area contributed by atoms with Gasteiger partial charge in [0.05, 0.1) is 19.0 Å². The highest BCUT2D eigenvalue weighted by Crippen LogP contribution is 2.26. The van der Waals surface area contributed by atoms with E-state index in [4.69, 9.17) is 27.9 Å². The number of nitrogens with one attached hydrogen (secondary N) is 1. The number of thioether (sulfide) groups is 1. The lowest BCUT2D eigenvalue weighted by atomic mass is 10.2. The van der Waals surface area contributed by atoms with Gasteiger partial charge < -0.3 is 10.1 Å². The predicted octanol–water partition coefficient (Wildman–Crippen LogP) is 4.03. The molecular formula is C19H19Cl2FN2O4S2. The molecule has 1 aliphatic rings. The fraction of sp³-hybridized carbons (Fsp3) is 0.316. The van der Waals surface area contributed by atoms with Crippen LogP contribution in [0.2, 0.25) is 10.0 Å². The molecule has 1 amide bonds. The van der Waals surface area contributed by atoms with Crippen LogP contribution in [0.4, 0.5) is 10.1 Å². The first kappa shape index (κ1) is 23.3. The SMILES string of the molecule is O=C(CSCc1ccc(Cl)cc1Cl)Nc1ccc(F)c(S(=O)(=O)N2CCOCC2)c1. The minimum atomic E-state index is -4.02. The van der Waals surface area contributed by atoms with E-state index in [1.165, 1.54) is 22.1 Å². The van der Waals surface area contributed by atoms with Crippen molar-refractivity contribution in [3.63, 3.8) is 0 Å². The maximum Gasteiger partial charge on any atom is 0.246 e. The highest BCUT2D eigenvalue weighted by molar-refractivity contribution is 7.99. The molecule has 0 aromatic heterocycles. The molecule has 11 heteroatoms. The van der Waals surface area contributed by atoms with E-state index in [0.29, 0.717) is 15.8 Å². The van der Waals surface area contributed by atoms with Crippen molar-refractivity contribution in [3.05, 3.63) is 57.8 Å². The zero-order chi connectivity index (χ0) is 21.7. The molecule has 2 aromatic carbocycles. The summed E-state index contributed by atoms with van der Waals surface area (Å²) >= 11 is 13.3. The Hall–Kier alpha value is -1.36. The molecule has 30 heavy (non-hydrogen) atoms. The van der Waals surface area contributed by atoms with Crippen LogP contribution in [-0.2, 0) is 25.3 Å². The normalized spacial score (nSPS) is 15.2. The van der Waals surface area contributed by atoms with Crippen molar-refractivity contribution >= 4 is 56.6 Å². The van der Waals surface area contributed by atoms with Crippen LogP contribution in [0.15, 0.2) is 41.3 Å². The van der Waals surface area contributed by atoms with Crippen molar-refractivity contribution in [1.82, 2.24) is 4.31 Å². The number of morpholine rings is 1. The molecule has 1 aliphatic heterocycles. The van der Waals surface area contributed by atoms with Crippen molar-refractivity contribution < 1.29 is 22.3 Å². The van der Waals surface area contributed by atoms with E-state index in [2.05, 4.69) is 5.32 Å². The van der Waals surface area contributed by atoms with Gasteiger partial charge in [0, 0.05) is 34.6 Å². The van der Waals surface area contributed by atoms with Gasteiger partial charge in [-0.2, -0.15) is 4.31 Å². The van der Waals surface area contributed by atoms with Gasteiger partial charge in [0.1, 0.15) is 10.7 Å². The summed E-state index contributed by atoms with van der Waals surface area (Å²) in [4.78, 5) is 11.8. The summed E-state index contributed by atoms with van der Waals surface area (Å²) in [5.74, 6) is -0.594. The number of halogens is 3. The molecule has 0 bridgehead atoms. The van der Waals surface area contributed by atoms with E-state index in [0.717, 1.165) is 17.7 Å². The number of hydrogen-bond acceptors (Lipinski definition) is 5. The molecule has 0 aliphatic carbocycles. The minimum absolute atomic E-state index is 0.113. The number of rotatable bonds is 7. The molecule has 6 nitrogen and oxygen atoms in total. The molecule has 1 N–H and O–H groups in total. The molecule has 0 unspecified atom stereocenters. The summed E-state index contributed by atoms with van der Waals surface area (Å²) in [6.45, 7) is 0.822. The second-order valence-electron chi connectivity index (χ2n) is 6.44. The first-order valence-electron chi connectivity index (χ1n) is 8.96. The number of amides is 1. The van der Waals surface area contributed by atoms with E-state index in [9.17, 15) is 17.6 Å². The van der Waals surface area contributed by atoms with Crippen LogP contribution in [0, 0.1) is 5.82 Å².